The molecule has 0 aliphatic rings. The molecule has 0 atom stereocenters. The quantitative estimate of drug-likeness (QED) is 0.142. The summed E-state index contributed by atoms with van der Waals surface area (Å²) in [6, 6.07) is 29.7. The van der Waals surface area contributed by atoms with Gasteiger partial charge < -0.3 is 13.4 Å². The monoisotopic (exact) mass is 1020 g/mol. The van der Waals surface area contributed by atoms with Crippen LogP contribution in [-0.2, 0) is 31.9 Å². The van der Waals surface area contributed by atoms with Crippen LogP contribution in [0.15, 0.2) is 94.3 Å². The molecule has 0 radical (unpaired) electrons. The average molecular weight is 1020 g/mol. The third kappa shape index (κ3) is 7.50. The van der Waals surface area contributed by atoms with Crippen molar-refractivity contribution in [3.8, 4) is 33.9 Å². The molecule has 0 N–H and O–H groups in total. The van der Waals surface area contributed by atoms with Gasteiger partial charge in [-0.1, -0.05) is 166 Å². The topological polar surface area (TPSA) is 61.9 Å². The van der Waals surface area contributed by atoms with Crippen molar-refractivity contribution < 1.29 is 29.9 Å². The maximum absolute atomic E-state index is 6.92. The van der Waals surface area contributed by atoms with E-state index in [1.54, 1.807) is 0 Å². The molecule has 6 nitrogen and oxygen atoms in total. The molecule has 4 aromatic heterocycles. The maximum atomic E-state index is 6.92. The van der Waals surface area contributed by atoms with Crippen LogP contribution < -0.4 is 0 Å². The summed E-state index contributed by atoms with van der Waals surface area (Å²) in [7, 11) is 0. The number of furan rings is 2. The van der Waals surface area contributed by atoms with Crippen LogP contribution in [0.1, 0.15) is 154 Å². The molecule has 9 aromatic rings. The van der Waals surface area contributed by atoms with Crippen LogP contribution in [-0.4, -0.2) is 19.3 Å². The second-order valence-electron chi connectivity index (χ2n) is 20.6. The van der Waals surface area contributed by atoms with E-state index < -0.39 is 0 Å². The van der Waals surface area contributed by atoms with E-state index in [-0.39, 0.29) is 31.9 Å². The first-order valence-electron chi connectivity index (χ1n) is 22.4. The fraction of sp³-hybridized carbons (Fsp3) is 0.357. The minimum Gasteiger partial charge on any atom is -0.511 e. The fourth-order valence-corrected chi connectivity index (χ4v) is 9.44. The van der Waals surface area contributed by atoms with Crippen LogP contribution in [0.5, 0.6) is 0 Å². The molecule has 63 heavy (non-hydrogen) atoms. The molecule has 5 aromatic carbocycles. The largest absolute Gasteiger partial charge is 2.00 e. The molecule has 9 rings (SSSR count). The van der Waals surface area contributed by atoms with Crippen LogP contribution in [0, 0.1) is 12.1 Å². The Balaban J connectivity index is 0.00000544. The number of nitrogens with zero attached hydrogens (tertiary/aromatic N) is 4. The van der Waals surface area contributed by atoms with Gasteiger partial charge in [0.05, 0.1) is 28.8 Å². The number of fused-ring (bicyclic) bond motifs is 7. The Morgan fingerprint density at radius 1 is 0.619 bits per heavy atom. The van der Waals surface area contributed by atoms with Crippen LogP contribution in [0.25, 0.3) is 77.8 Å². The summed E-state index contributed by atoms with van der Waals surface area (Å²) in [4.78, 5) is 5.06. The van der Waals surface area contributed by atoms with Gasteiger partial charge in [-0.15, -0.1) is 29.7 Å². The Morgan fingerprint density at radius 2 is 1.11 bits per heavy atom. The van der Waals surface area contributed by atoms with Crippen molar-refractivity contribution in [2.24, 2.45) is 0 Å². The van der Waals surface area contributed by atoms with Crippen molar-refractivity contribution in [1.82, 2.24) is 19.3 Å². The molecule has 0 saturated heterocycles. The van der Waals surface area contributed by atoms with Gasteiger partial charge in [0.1, 0.15) is 0 Å². The third-order valence-corrected chi connectivity index (χ3v) is 12.7. The molecule has 0 aliphatic carbocycles. The minimum atomic E-state index is -0.246. The Labute approximate surface area is 387 Å². The molecule has 0 fully saturated rings. The molecule has 0 unspecified atom stereocenters. The van der Waals surface area contributed by atoms with Crippen LogP contribution in [0.2, 0.25) is 0 Å². The van der Waals surface area contributed by atoms with Gasteiger partial charge in [-0.25, -0.2) is 0 Å². The van der Waals surface area contributed by atoms with E-state index >= 15 is 0 Å². The molecule has 326 valence electrons. The SMILES string of the molecule is CC(C)c1cccc(C(C)C)c1-c1cnn(-c2[c-]c3c(oc4ccc5oc6c(C(C)(C)C)cc(-c7nccn7-c7c(C(C)C)cccc7C(C)C)[c-]c6c5c43)c(C(C)(C)C)c2)c1.[Pt+2]. The summed E-state index contributed by atoms with van der Waals surface area (Å²) >= 11 is 0. The van der Waals surface area contributed by atoms with Gasteiger partial charge in [0.2, 0.25) is 0 Å². The normalized spacial score (nSPS) is 12.7. The molecular weight excluding hydrogens is 956 g/mol. The van der Waals surface area contributed by atoms with E-state index in [1.165, 1.54) is 33.5 Å². The summed E-state index contributed by atoms with van der Waals surface area (Å²) in [6.07, 6.45) is 8.19. The predicted octanol–water partition coefficient (Wildman–Crippen LogP) is 15.9. The van der Waals surface area contributed by atoms with Gasteiger partial charge >= 0.3 is 21.1 Å². The smallest absolute Gasteiger partial charge is 0.511 e. The molecule has 0 aliphatic heterocycles. The van der Waals surface area contributed by atoms with Crippen LogP contribution in [0.3, 0.4) is 0 Å². The Kier molecular flexibility index (Phi) is 11.4. The van der Waals surface area contributed by atoms with Gasteiger partial charge in [0, 0.05) is 35.4 Å². The maximum Gasteiger partial charge on any atom is 2.00 e. The van der Waals surface area contributed by atoms with Crippen molar-refractivity contribution in [2.45, 2.75) is 131 Å². The van der Waals surface area contributed by atoms with E-state index in [1.807, 2.05) is 29.2 Å². The molecule has 0 spiro atoms. The Morgan fingerprint density at radius 3 is 1.62 bits per heavy atom. The van der Waals surface area contributed by atoms with Gasteiger partial charge in [-0.05, 0) is 80.1 Å². The Bertz CT molecular complexity index is 3120. The van der Waals surface area contributed by atoms with Gasteiger partial charge in [0.25, 0.3) is 0 Å². The molecule has 0 bridgehead atoms. The van der Waals surface area contributed by atoms with E-state index in [9.17, 15) is 0 Å². The zero-order chi connectivity index (χ0) is 44.2. The zero-order valence-electron chi connectivity index (χ0n) is 39.3. The number of imidazole rings is 1. The summed E-state index contributed by atoms with van der Waals surface area (Å²) < 4.78 is 18.1. The van der Waals surface area contributed by atoms with Crippen LogP contribution >= 0.6 is 0 Å². The number of hydrogen-bond donors (Lipinski definition) is 0. The van der Waals surface area contributed by atoms with Gasteiger partial charge in [-0.2, -0.15) is 5.10 Å². The predicted molar refractivity (Wildman–Crippen MR) is 258 cm³/mol. The van der Waals surface area contributed by atoms with Crippen molar-refractivity contribution >= 4 is 43.9 Å². The molecule has 0 amide bonds. The summed E-state index contributed by atoms with van der Waals surface area (Å²) in [6.45, 7) is 31.6. The van der Waals surface area contributed by atoms with E-state index in [0.29, 0.717) is 23.7 Å². The number of aromatic nitrogens is 4. The molecular formula is C56H60N4O2Pt. The summed E-state index contributed by atoms with van der Waals surface area (Å²) in [5, 5.41) is 8.78. The fourth-order valence-electron chi connectivity index (χ4n) is 9.44. The third-order valence-electron chi connectivity index (χ3n) is 12.7. The van der Waals surface area contributed by atoms with Crippen molar-refractivity contribution in [1.29, 1.82) is 0 Å². The van der Waals surface area contributed by atoms with E-state index in [4.69, 9.17) is 18.9 Å². The Hall–Kier alpha value is -5.19. The van der Waals surface area contributed by atoms with Crippen molar-refractivity contribution in [3.63, 3.8) is 0 Å². The second kappa shape index (κ2) is 16.1. The number of para-hydroxylation sites is 1. The summed E-state index contributed by atoms with van der Waals surface area (Å²) in [5.41, 5.74) is 15.5. The second-order valence-corrected chi connectivity index (χ2v) is 20.6. The molecule has 0 saturated carbocycles. The number of hydrogen-bond acceptors (Lipinski definition) is 4. The van der Waals surface area contributed by atoms with E-state index in [2.05, 4.69) is 175 Å². The number of rotatable bonds is 8. The van der Waals surface area contributed by atoms with Gasteiger partial charge in [-0.3, -0.25) is 9.67 Å². The first kappa shape index (κ1) is 44.4. The molecule has 7 heteroatoms. The average Bonchev–Trinajstić information content (AvgIpc) is 4.03. The first-order valence-corrected chi connectivity index (χ1v) is 22.4. The minimum absolute atomic E-state index is 0. The van der Waals surface area contributed by atoms with E-state index in [0.717, 1.165) is 77.6 Å². The van der Waals surface area contributed by atoms with Crippen molar-refractivity contribution in [3.05, 3.63) is 131 Å². The van der Waals surface area contributed by atoms with Gasteiger partial charge in [0.15, 0.2) is 0 Å². The molecule has 4 heterocycles. The van der Waals surface area contributed by atoms with Crippen molar-refractivity contribution in [2.75, 3.05) is 0 Å². The van der Waals surface area contributed by atoms with Crippen LogP contribution in [0.4, 0.5) is 0 Å². The standard InChI is InChI=1S/C56H60N4O2.Pt/c1-31(2)38-17-15-18-39(32(3)4)48(38)36-29-58-60(30-36)37-27-43-50-47(62-53(43)45(28-37)56(12,13)14)22-21-46-49(50)42-25-35(26-44(52(42)61-46)55(9,10)11)54-57-23-24-59(54)51-40(33(5)6)19-16-20-41(51)34(7)8;/h15-24,26,28-34H,1-14H3;/q-2;+2. The summed E-state index contributed by atoms with van der Waals surface area (Å²) in [5.74, 6) is 2.26. The number of benzene rings is 5. The first-order chi connectivity index (χ1) is 29.3. The zero-order valence-corrected chi connectivity index (χ0v) is 41.6.